The molecule has 6 nitrogen and oxygen atoms in total. The molecular formula is C17H16N2O4S. The van der Waals surface area contributed by atoms with E-state index in [1.165, 1.54) is 24.5 Å². The summed E-state index contributed by atoms with van der Waals surface area (Å²) in [5.41, 5.74) is 0.734. The number of esters is 1. The van der Waals surface area contributed by atoms with Gasteiger partial charge in [-0.1, -0.05) is 0 Å². The fourth-order valence-corrected chi connectivity index (χ4v) is 2.92. The van der Waals surface area contributed by atoms with E-state index in [4.69, 9.17) is 9.15 Å². The molecule has 24 heavy (non-hydrogen) atoms. The molecule has 0 saturated carbocycles. The van der Waals surface area contributed by atoms with Crippen LogP contribution in [0, 0.1) is 0 Å². The number of thiophene rings is 1. The van der Waals surface area contributed by atoms with Gasteiger partial charge in [-0.3, -0.25) is 4.79 Å². The molecule has 0 radical (unpaired) electrons. The van der Waals surface area contributed by atoms with Crippen LogP contribution in [0.5, 0.6) is 0 Å². The van der Waals surface area contributed by atoms with E-state index in [9.17, 15) is 9.59 Å². The minimum atomic E-state index is -0.896. The molecule has 3 aromatic rings. The molecule has 0 aliphatic heterocycles. The molecule has 3 heterocycles. The van der Waals surface area contributed by atoms with E-state index in [-0.39, 0.29) is 12.5 Å². The third-order valence-corrected chi connectivity index (χ3v) is 4.27. The molecule has 0 fully saturated rings. The number of hydrogen-bond donors (Lipinski definition) is 1. The van der Waals surface area contributed by atoms with Crippen LogP contribution in [0.4, 0.5) is 0 Å². The molecule has 0 aliphatic rings. The average Bonchev–Trinajstić information content (AvgIpc) is 3.33. The number of ether oxygens (including phenoxy) is 1. The Bertz CT molecular complexity index is 806. The van der Waals surface area contributed by atoms with Crippen molar-refractivity contribution in [2.75, 3.05) is 0 Å². The molecule has 0 bridgehead atoms. The van der Waals surface area contributed by atoms with Gasteiger partial charge in [-0.25, -0.2) is 4.79 Å². The monoisotopic (exact) mass is 344 g/mol. The molecule has 1 atom stereocenters. The molecule has 0 saturated heterocycles. The molecule has 1 amide bonds. The summed E-state index contributed by atoms with van der Waals surface area (Å²) in [6.07, 6.45) is 4.33. The molecule has 0 aliphatic carbocycles. The number of carbonyl (C=O) groups excluding carboxylic acids is 2. The lowest BCUT2D eigenvalue weighted by molar-refractivity contribution is -0.129. The fourth-order valence-electron chi connectivity index (χ4n) is 2.15. The maximum atomic E-state index is 12.3. The Hall–Kier alpha value is -2.80. The topological polar surface area (TPSA) is 73.5 Å². The van der Waals surface area contributed by atoms with Gasteiger partial charge >= 0.3 is 5.97 Å². The summed E-state index contributed by atoms with van der Waals surface area (Å²) in [5, 5.41) is 4.48. The summed E-state index contributed by atoms with van der Waals surface area (Å²) in [6.45, 7) is 1.79. The van der Waals surface area contributed by atoms with Crippen LogP contribution >= 0.6 is 11.3 Å². The largest absolute Gasteiger partial charge is 0.467 e. The van der Waals surface area contributed by atoms with Crippen molar-refractivity contribution in [1.82, 2.24) is 9.88 Å². The van der Waals surface area contributed by atoms with Gasteiger partial charge in [0.25, 0.3) is 5.91 Å². The smallest absolute Gasteiger partial charge is 0.351 e. The highest BCUT2D eigenvalue weighted by Crippen LogP contribution is 2.22. The van der Waals surface area contributed by atoms with Crippen LogP contribution < -0.4 is 5.32 Å². The maximum absolute atomic E-state index is 12.3. The lowest BCUT2D eigenvalue weighted by Crippen LogP contribution is -2.35. The number of nitrogens with one attached hydrogen (secondary N) is 1. The van der Waals surface area contributed by atoms with Crippen molar-refractivity contribution in [3.63, 3.8) is 0 Å². The average molecular weight is 344 g/mol. The Balaban J connectivity index is 1.60. The molecule has 0 spiro atoms. The van der Waals surface area contributed by atoms with Crippen LogP contribution in [0.15, 0.2) is 58.8 Å². The summed E-state index contributed by atoms with van der Waals surface area (Å²) < 4.78 is 12.2. The minimum Gasteiger partial charge on any atom is -0.467 e. The standard InChI is InChI=1S/C17H16N2O4S/c1-12(16(20)18-11-13-5-4-9-22-13)23-17(21)15-14(6-10-24-15)19-7-2-3-8-19/h2-10,12H,11H2,1H3,(H,18,20). The molecule has 0 aromatic carbocycles. The van der Waals surface area contributed by atoms with Crippen molar-refractivity contribution in [1.29, 1.82) is 0 Å². The van der Waals surface area contributed by atoms with Crippen molar-refractivity contribution in [3.8, 4) is 5.69 Å². The Kier molecular flexibility index (Phi) is 4.81. The highest BCUT2D eigenvalue weighted by Gasteiger charge is 2.22. The van der Waals surface area contributed by atoms with Gasteiger partial charge in [0.15, 0.2) is 6.10 Å². The Morgan fingerprint density at radius 3 is 2.79 bits per heavy atom. The molecule has 3 rings (SSSR count). The second-order valence-corrected chi connectivity index (χ2v) is 5.99. The summed E-state index contributed by atoms with van der Waals surface area (Å²) in [7, 11) is 0. The van der Waals surface area contributed by atoms with E-state index >= 15 is 0 Å². The van der Waals surface area contributed by atoms with Gasteiger partial charge in [-0.15, -0.1) is 11.3 Å². The van der Waals surface area contributed by atoms with Crippen LogP contribution in [0.1, 0.15) is 22.4 Å². The number of furan rings is 1. The van der Waals surface area contributed by atoms with Gasteiger partial charge in [0.05, 0.1) is 18.5 Å². The lowest BCUT2D eigenvalue weighted by atomic mass is 10.3. The minimum absolute atomic E-state index is 0.251. The SMILES string of the molecule is CC(OC(=O)c1sccc1-n1cccc1)C(=O)NCc1ccco1. The van der Waals surface area contributed by atoms with Gasteiger partial charge in [-0.05, 0) is 42.6 Å². The third-order valence-electron chi connectivity index (χ3n) is 3.38. The number of carbonyl (C=O) groups is 2. The van der Waals surface area contributed by atoms with Crippen LogP contribution in [0.3, 0.4) is 0 Å². The zero-order chi connectivity index (χ0) is 16.9. The maximum Gasteiger partial charge on any atom is 0.351 e. The van der Waals surface area contributed by atoms with Gasteiger partial charge in [0.1, 0.15) is 10.6 Å². The molecule has 1 N–H and O–H groups in total. The molecule has 1 unspecified atom stereocenters. The van der Waals surface area contributed by atoms with Crippen molar-refractivity contribution in [2.45, 2.75) is 19.6 Å². The first kappa shape index (κ1) is 16.1. The highest BCUT2D eigenvalue weighted by molar-refractivity contribution is 7.12. The quantitative estimate of drug-likeness (QED) is 0.698. The van der Waals surface area contributed by atoms with Gasteiger partial charge in [0, 0.05) is 12.4 Å². The molecule has 7 heteroatoms. The Morgan fingerprint density at radius 1 is 1.29 bits per heavy atom. The summed E-state index contributed by atoms with van der Waals surface area (Å²) in [6, 6.07) is 9.08. The second kappa shape index (κ2) is 7.18. The normalized spacial score (nSPS) is 11.9. The predicted octanol–water partition coefficient (Wildman–Crippen LogP) is 2.99. The third kappa shape index (κ3) is 3.57. The van der Waals surface area contributed by atoms with Crippen molar-refractivity contribution in [3.05, 3.63) is 65.0 Å². The van der Waals surface area contributed by atoms with E-state index in [0.29, 0.717) is 10.6 Å². The zero-order valence-electron chi connectivity index (χ0n) is 13.0. The van der Waals surface area contributed by atoms with Gasteiger partial charge < -0.3 is 19.0 Å². The Morgan fingerprint density at radius 2 is 2.08 bits per heavy atom. The van der Waals surface area contributed by atoms with Gasteiger partial charge in [-0.2, -0.15) is 0 Å². The number of nitrogens with zero attached hydrogens (tertiary/aromatic N) is 1. The molecule has 124 valence electrons. The number of amides is 1. The van der Waals surface area contributed by atoms with Crippen LogP contribution in [-0.4, -0.2) is 22.5 Å². The van der Waals surface area contributed by atoms with Crippen molar-refractivity contribution >= 4 is 23.2 Å². The number of hydrogen-bond acceptors (Lipinski definition) is 5. The van der Waals surface area contributed by atoms with E-state index < -0.39 is 12.1 Å². The first-order valence-corrected chi connectivity index (χ1v) is 8.25. The van der Waals surface area contributed by atoms with Crippen LogP contribution in [0.2, 0.25) is 0 Å². The highest BCUT2D eigenvalue weighted by atomic mass is 32.1. The Labute approximate surface area is 142 Å². The van der Waals surface area contributed by atoms with Crippen LogP contribution in [0.25, 0.3) is 5.69 Å². The predicted molar refractivity (Wildman–Crippen MR) is 89.1 cm³/mol. The first-order chi connectivity index (χ1) is 11.6. The molecular weight excluding hydrogens is 328 g/mol. The van der Waals surface area contributed by atoms with Crippen LogP contribution in [-0.2, 0) is 16.1 Å². The lowest BCUT2D eigenvalue weighted by Gasteiger charge is -2.13. The van der Waals surface area contributed by atoms with Crippen molar-refractivity contribution < 1.29 is 18.7 Å². The summed E-state index contributed by atoms with van der Waals surface area (Å²) in [4.78, 5) is 24.8. The fraction of sp³-hybridized carbons (Fsp3) is 0.176. The number of rotatable bonds is 6. The second-order valence-electron chi connectivity index (χ2n) is 5.07. The van der Waals surface area contributed by atoms with E-state index in [2.05, 4.69) is 5.32 Å². The van der Waals surface area contributed by atoms with Gasteiger partial charge in [0.2, 0.25) is 0 Å². The summed E-state index contributed by atoms with van der Waals surface area (Å²) >= 11 is 1.28. The van der Waals surface area contributed by atoms with Crippen molar-refractivity contribution in [2.24, 2.45) is 0 Å². The van der Waals surface area contributed by atoms with E-state index in [0.717, 1.165) is 5.69 Å². The van der Waals surface area contributed by atoms with E-state index in [1.54, 1.807) is 12.1 Å². The zero-order valence-corrected chi connectivity index (χ0v) is 13.8. The molecule has 3 aromatic heterocycles. The van der Waals surface area contributed by atoms with E-state index in [1.807, 2.05) is 40.5 Å². The number of aromatic nitrogens is 1. The first-order valence-electron chi connectivity index (χ1n) is 7.37. The summed E-state index contributed by atoms with van der Waals surface area (Å²) in [5.74, 6) is -0.261.